The molecule has 0 rings (SSSR count). The molecule has 0 saturated heterocycles. The van der Waals surface area contributed by atoms with Gasteiger partial charge in [0.15, 0.2) is 6.10 Å². The number of unbranched alkanes of at least 4 members (excludes halogenated alkanes) is 32. The summed E-state index contributed by atoms with van der Waals surface area (Å²) in [5, 5.41) is 11.7. The van der Waals surface area contributed by atoms with E-state index < -0.39 is 18.1 Å². The fraction of sp³-hybridized carbons (Fsp3) is 0.875. The maximum atomic E-state index is 12.8. The van der Waals surface area contributed by atoms with Gasteiger partial charge in [0, 0.05) is 19.3 Å². The van der Waals surface area contributed by atoms with Gasteiger partial charge in [-0.2, -0.15) is 0 Å². The lowest BCUT2D eigenvalue weighted by atomic mass is 10.0. The largest absolute Gasteiger partial charge is 0.544 e. The van der Waals surface area contributed by atoms with Gasteiger partial charge in [0.05, 0.1) is 40.3 Å². The van der Waals surface area contributed by atoms with E-state index >= 15 is 0 Å². The number of ether oxygens (including phenoxy) is 3. The molecule has 0 saturated carbocycles. The molecule has 2 atom stereocenters. The van der Waals surface area contributed by atoms with Gasteiger partial charge in [0.1, 0.15) is 12.6 Å². The van der Waals surface area contributed by atoms with Crippen molar-refractivity contribution < 1.29 is 38.2 Å². The molecule has 0 aromatic heterocycles. The highest BCUT2D eigenvalue weighted by Crippen LogP contribution is 2.17. The van der Waals surface area contributed by atoms with E-state index in [0.717, 1.165) is 51.4 Å². The molecule has 0 fully saturated rings. The molecule has 0 amide bonds. The van der Waals surface area contributed by atoms with Gasteiger partial charge in [-0.05, 0) is 38.5 Å². The molecule has 0 aliphatic rings. The highest BCUT2D eigenvalue weighted by atomic mass is 16.6. The zero-order valence-corrected chi connectivity index (χ0v) is 43.0. The van der Waals surface area contributed by atoms with E-state index in [1.165, 1.54) is 180 Å². The number of hydrogen-bond acceptors (Lipinski definition) is 7. The summed E-state index contributed by atoms with van der Waals surface area (Å²) in [6.45, 7) is 4.62. The van der Waals surface area contributed by atoms with Crippen molar-refractivity contribution in [1.82, 2.24) is 0 Å². The van der Waals surface area contributed by atoms with Crippen LogP contribution >= 0.6 is 0 Å². The monoisotopic (exact) mass is 904 g/mol. The number of likely N-dealkylation sites (N-methyl/N-ethyl adjacent to an activating group) is 1. The smallest absolute Gasteiger partial charge is 0.306 e. The molecule has 0 aliphatic carbocycles. The second-order valence-corrected chi connectivity index (χ2v) is 19.8. The number of esters is 2. The molecule has 0 bridgehead atoms. The van der Waals surface area contributed by atoms with Crippen LogP contribution in [0.2, 0.25) is 0 Å². The quantitative estimate of drug-likeness (QED) is 0.0259. The minimum Gasteiger partial charge on any atom is -0.544 e. The van der Waals surface area contributed by atoms with Gasteiger partial charge in [-0.25, -0.2) is 0 Å². The topological polar surface area (TPSA) is 102 Å². The van der Waals surface area contributed by atoms with Crippen molar-refractivity contribution in [2.75, 3.05) is 41.0 Å². The standard InChI is InChI=1S/C56H105NO7/c1-6-8-10-12-14-16-18-20-22-24-26-27-29-30-32-34-36-38-40-42-44-46-54(58)63-51-52(50-62-49-48-53(56(60)61)57(3,4)5)64-55(59)47-45-43-41-39-37-35-33-31-28-25-23-21-19-17-15-13-11-9-7-2/h8,10,14,16,52-53H,6-7,9,11-13,15,17-51H2,1-5H3/b10-8+,16-14+. The van der Waals surface area contributed by atoms with Crippen LogP contribution in [-0.2, 0) is 28.6 Å². The molecule has 0 radical (unpaired) electrons. The van der Waals surface area contributed by atoms with Gasteiger partial charge in [-0.15, -0.1) is 0 Å². The van der Waals surface area contributed by atoms with Crippen LogP contribution in [0.1, 0.15) is 264 Å². The van der Waals surface area contributed by atoms with E-state index in [0.29, 0.717) is 12.8 Å². The summed E-state index contributed by atoms with van der Waals surface area (Å²) in [6, 6.07) is -0.723. The Morgan fingerprint density at radius 3 is 1.28 bits per heavy atom. The number of hydrogen-bond donors (Lipinski definition) is 0. The lowest BCUT2D eigenvalue weighted by molar-refractivity contribution is -0.889. The van der Waals surface area contributed by atoms with E-state index in [-0.39, 0.29) is 42.7 Å². The number of carbonyl (C=O) groups is 3. The molecule has 0 N–H and O–H groups in total. The second-order valence-electron chi connectivity index (χ2n) is 19.8. The number of carboxylic acid groups (broad SMARTS) is 1. The predicted octanol–water partition coefficient (Wildman–Crippen LogP) is 14.6. The van der Waals surface area contributed by atoms with Crippen LogP contribution in [0.25, 0.3) is 0 Å². The number of nitrogens with zero attached hydrogens (tertiary/aromatic N) is 1. The van der Waals surface area contributed by atoms with E-state index in [9.17, 15) is 19.5 Å². The molecular formula is C56H105NO7. The summed E-state index contributed by atoms with van der Waals surface area (Å²) in [6.07, 6.45) is 55.0. The average molecular weight is 904 g/mol. The van der Waals surface area contributed by atoms with Gasteiger partial charge in [-0.3, -0.25) is 9.59 Å². The third-order valence-electron chi connectivity index (χ3n) is 12.6. The molecule has 376 valence electrons. The number of allylic oxidation sites excluding steroid dienone is 4. The van der Waals surface area contributed by atoms with Gasteiger partial charge >= 0.3 is 11.9 Å². The predicted molar refractivity (Wildman–Crippen MR) is 268 cm³/mol. The fourth-order valence-corrected chi connectivity index (χ4v) is 8.41. The Morgan fingerprint density at radius 1 is 0.484 bits per heavy atom. The van der Waals surface area contributed by atoms with Crippen LogP contribution in [0.15, 0.2) is 24.3 Å². The molecule has 8 heteroatoms. The van der Waals surface area contributed by atoms with Crippen LogP contribution in [0.3, 0.4) is 0 Å². The van der Waals surface area contributed by atoms with Crippen LogP contribution in [0.4, 0.5) is 0 Å². The highest BCUT2D eigenvalue weighted by molar-refractivity contribution is 5.70. The van der Waals surface area contributed by atoms with Crippen molar-refractivity contribution >= 4 is 17.9 Å². The summed E-state index contributed by atoms with van der Waals surface area (Å²) in [4.78, 5) is 37.1. The summed E-state index contributed by atoms with van der Waals surface area (Å²) in [5.41, 5.74) is 0. The number of carboxylic acids is 1. The van der Waals surface area contributed by atoms with E-state index in [1.54, 1.807) is 0 Å². The normalized spacial score (nSPS) is 13.0. The van der Waals surface area contributed by atoms with E-state index in [2.05, 4.69) is 38.2 Å². The second kappa shape index (κ2) is 47.3. The average Bonchev–Trinajstić information content (AvgIpc) is 3.26. The number of quaternary nitrogens is 1. The Labute approximate surface area is 396 Å². The molecule has 0 heterocycles. The summed E-state index contributed by atoms with van der Waals surface area (Å²) in [7, 11) is 5.43. The lowest BCUT2D eigenvalue weighted by Crippen LogP contribution is -2.55. The molecule has 0 aliphatic heterocycles. The molecule has 0 aromatic carbocycles. The number of carbonyl (C=O) groups excluding carboxylic acids is 3. The van der Waals surface area contributed by atoms with Crippen molar-refractivity contribution in [1.29, 1.82) is 0 Å². The van der Waals surface area contributed by atoms with Crippen molar-refractivity contribution in [3.05, 3.63) is 24.3 Å². The first-order chi connectivity index (χ1) is 31.1. The Bertz CT molecular complexity index is 1100. The summed E-state index contributed by atoms with van der Waals surface area (Å²) in [5.74, 6) is -1.71. The number of rotatable bonds is 50. The summed E-state index contributed by atoms with van der Waals surface area (Å²) < 4.78 is 17.3. The van der Waals surface area contributed by atoms with Crippen molar-refractivity contribution in [3.63, 3.8) is 0 Å². The van der Waals surface area contributed by atoms with Gasteiger partial charge in [0.25, 0.3) is 0 Å². The van der Waals surface area contributed by atoms with Crippen LogP contribution in [0, 0.1) is 0 Å². The van der Waals surface area contributed by atoms with Crippen LogP contribution in [-0.4, -0.2) is 75.5 Å². The first kappa shape index (κ1) is 61.8. The SMILES string of the molecule is CC/C=C/C/C=C/CCCCCCCCCCCCCCCCC(=O)OCC(COCCC(C(=O)[O-])[N+](C)(C)C)OC(=O)CCCCCCCCCCCCCCCCCCCCC. The molecule has 64 heavy (non-hydrogen) atoms. The molecule has 2 unspecified atom stereocenters. The summed E-state index contributed by atoms with van der Waals surface area (Å²) >= 11 is 0. The van der Waals surface area contributed by atoms with Crippen molar-refractivity contribution in [2.45, 2.75) is 276 Å². The van der Waals surface area contributed by atoms with Gasteiger partial charge < -0.3 is 28.6 Å². The Morgan fingerprint density at radius 2 is 0.875 bits per heavy atom. The van der Waals surface area contributed by atoms with Crippen molar-refractivity contribution in [2.24, 2.45) is 0 Å². The van der Waals surface area contributed by atoms with E-state index in [4.69, 9.17) is 14.2 Å². The highest BCUT2D eigenvalue weighted by Gasteiger charge is 2.25. The molecule has 8 nitrogen and oxygen atoms in total. The maximum absolute atomic E-state index is 12.8. The molecular weight excluding hydrogens is 799 g/mol. The van der Waals surface area contributed by atoms with Gasteiger partial charge in [0.2, 0.25) is 0 Å². The third kappa shape index (κ3) is 45.0. The molecule has 0 aromatic rings. The third-order valence-corrected chi connectivity index (χ3v) is 12.6. The fourth-order valence-electron chi connectivity index (χ4n) is 8.41. The lowest BCUT2D eigenvalue weighted by Gasteiger charge is -2.34. The Kier molecular flexibility index (Phi) is 45.7. The first-order valence-corrected chi connectivity index (χ1v) is 27.4. The first-order valence-electron chi connectivity index (χ1n) is 27.4. The Balaban J connectivity index is 4.15. The molecule has 0 spiro atoms. The van der Waals surface area contributed by atoms with Crippen LogP contribution in [0.5, 0.6) is 0 Å². The zero-order valence-electron chi connectivity index (χ0n) is 43.0. The zero-order chi connectivity index (χ0) is 47.0. The minimum atomic E-state index is -1.12. The van der Waals surface area contributed by atoms with Crippen molar-refractivity contribution in [3.8, 4) is 0 Å². The van der Waals surface area contributed by atoms with E-state index in [1.807, 2.05) is 21.1 Å². The maximum Gasteiger partial charge on any atom is 0.306 e. The van der Waals surface area contributed by atoms with Crippen LogP contribution < -0.4 is 5.11 Å². The minimum absolute atomic E-state index is 0.0466. The Hall–Kier alpha value is -2.19. The van der Waals surface area contributed by atoms with Gasteiger partial charge in [-0.1, -0.05) is 231 Å². The number of aliphatic carboxylic acids is 1.